The van der Waals surface area contributed by atoms with E-state index < -0.39 is 24.3 Å². The summed E-state index contributed by atoms with van der Waals surface area (Å²) >= 11 is 1.74. The molecule has 1 aliphatic carbocycles. The van der Waals surface area contributed by atoms with Crippen molar-refractivity contribution in [2.24, 2.45) is 17.8 Å². The molecule has 6 aromatic rings. The second kappa shape index (κ2) is 17.2. The maximum absolute atomic E-state index is 14.1. The average Bonchev–Trinajstić information content (AvgIpc) is 4.11. The van der Waals surface area contributed by atoms with Crippen LogP contribution in [0.25, 0.3) is 53.6 Å². The van der Waals surface area contributed by atoms with Crippen LogP contribution in [-0.2, 0) is 25.6 Å². The van der Waals surface area contributed by atoms with Gasteiger partial charge in [-0.05, 0) is 78.8 Å². The minimum Gasteiger partial charge on any atom is -0.453 e. The molecule has 1 saturated carbocycles. The third-order valence-electron chi connectivity index (χ3n) is 12.3. The predicted octanol–water partition coefficient (Wildman–Crippen LogP) is 8.54. The summed E-state index contributed by atoms with van der Waals surface area (Å²) in [5.41, 5.74) is 5.76. The van der Waals surface area contributed by atoms with Gasteiger partial charge in [-0.2, -0.15) is 0 Å². The third-order valence-corrected chi connectivity index (χ3v) is 13.4. The monoisotopic (exact) mass is 846 g/mol. The Morgan fingerprint density at radius 1 is 0.852 bits per heavy atom. The van der Waals surface area contributed by atoms with Gasteiger partial charge in [-0.25, -0.2) is 19.6 Å². The van der Waals surface area contributed by atoms with E-state index in [-0.39, 0.29) is 42.3 Å². The molecule has 3 aromatic heterocycles. The third kappa shape index (κ3) is 8.15. The Kier molecular flexibility index (Phi) is 11.8. The van der Waals surface area contributed by atoms with E-state index >= 15 is 0 Å². The molecular weight excluding hydrogens is 793 g/mol. The van der Waals surface area contributed by atoms with E-state index in [0.717, 1.165) is 69.6 Å². The lowest BCUT2D eigenvalue weighted by Crippen LogP contribution is -2.54. The largest absolute Gasteiger partial charge is 0.453 e. The molecule has 4 amide bonds. The zero-order chi connectivity index (χ0) is 43.1. The molecule has 0 radical (unpaired) electrons. The van der Waals surface area contributed by atoms with E-state index in [1.165, 1.54) is 29.7 Å². The van der Waals surface area contributed by atoms with Gasteiger partial charge in [0.2, 0.25) is 11.8 Å². The summed E-state index contributed by atoms with van der Waals surface area (Å²) in [4.78, 5) is 72.2. The van der Waals surface area contributed by atoms with Crippen LogP contribution >= 0.6 is 11.3 Å². The van der Waals surface area contributed by atoms with E-state index in [4.69, 9.17) is 14.5 Å². The first kappa shape index (κ1) is 41.8. The van der Waals surface area contributed by atoms with Crippen LogP contribution in [0, 0.1) is 17.8 Å². The summed E-state index contributed by atoms with van der Waals surface area (Å²) in [6, 6.07) is 17.8. The second-order valence-corrected chi connectivity index (χ2v) is 18.1. The van der Waals surface area contributed by atoms with Crippen LogP contribution in [0.15, 0.2) is 60.8 Å². The van der Waals surface area contributed by atoms with Crippen molar-refractivity contribution < 1.29 is 28.7 Å². The van der Waals surface area contributed by atoms with Crippen LogP contribution in [0.2, 0.25) is 0 Å². The van der Waals surface area contributed by atoms with Gasteiger partial charge in [-0.1, -0.05) is 65.0 Å². The number of nitrogens with zero attached hydrogens (tertiary/aromatic N) is 4. The van der Waals surface area contributed by atoms with Gasteiger partial charge < -0.3 is 39.9 Å². The molecule has 8 rings (SSSR count). The molecule has 15 heteroatoms. The molecule has 4 heterocycles. The number of piperidine rings is 1. The first-order chi connectivity index (χ1) is 29.4. The topological polar surface area (TPSA) is 175 Å². The fourth-order valence-electron chi connectivity index (χ4n) is 9.19. The Balaban J connectivity index is 1.02. The highest BCUT2D eigenvalue weighted by Crippen LogP contribution is 2.50. The van der Waals surface area contributed by atoms with Crippen molar-refractivity contribution in [2.45, 2.75) is 91.0 Å². The first-order valence-corrected chi connectivity index (χ1v) is 22.0. The van der Waals surface area contributed by atoms with Crippen molar-refractivity contribution >= 4 is 66.5 Å². The van der Waals surface area contributed by atoms with E-state index in [1.54, 1.807) is 22.4 Å². The quantitative estimate of drug-likeness (QED) is 0.0895. The molecule has 2 aliphatic rings. The maximum Gasteiger partial charge on any atom is 0.407 e. The van der Waals surface area contributed by atoms with Crippen molar-refractivity contribution in [3.63, 3.8) is 0 Å². The molecule has 3 aromatic carbocycles. The lowest BCUT2D eigenvalue weighted by Gasteiger charge is -2.37. The number of rotatable bonds is 13. The molecule has 2 bridgehead atoms. The highest BCUT2D eigenvalue weighted by molar-refractivity contribution is 7.25. The first-order valence-electron chi connectivity index (χ1n) is 21.2. The number of carbonyl (C=O) groups excluding carboxylic acids is 4. The molecule has 2 fully saturated rings. The van der Waals surface area contributed by atoms with Gasteiger partial charge >= 0.3 is 12.2 Å². The van der Waals surface area contributed by atoms with Crippen LogP contribution in [0.5, 0.6) is 0 Å². The molecule has 1 saturated heterocycles. The van der Waals surface area contributed by atoms with Crippen LogP contribution < -0.4 is 10.6 Å². The fourth-order valence-corrected chi connectivity index (χ4v) is 10.4. The Morgan fingerprint density at radius 3 is 2.16 bits per heavy atom. The van der Waals surface area contributed by atoms with Crippen molar-refractivity contribution in [3.8, 4) is 22.4 Å². The number of ether oxygens (including phenoxy) is 2. The van der Waals surface area contributed by atoms with Crippen LogP contribution in [0.4, 0.5) is 9.59 Å². The highest BCUT2D eigenvalue weighted by Gasteiger charge is 2.51. The Labute approximate surface area is 358 Å². The van der Waals surface area contributed by atoms with Crippen molar-refractivity contribution in [2.75, 3.05) is 20.8 Å². The minimum atomic E-state index is -0.713. The number of fused-ring (bicyclic) bond motifs is 6. The number of H-pyrrole nitrogens is 2. The number of carbonyl (C=O) groups is 4. The molecule has 1 aliphatic heterocycles. The SMILES string of the molecule is CCCN(Cc1ncc(-c2ccc3c(c2)sc2cc(-c4ccc5nc(C6C7CCC(C7)N6C(=O)C(NC(=O)OC)C(C)C)[nH]c5c4)ccc23)[nH]1)C(=O)C(NC(=O)OC)C(C)C. The lowest BCUT2D eigenvalue weighted by molar-refractivity contribution is -0.139. The zero-order valence-corrected chi connectivity index (χ0v) is 36.5. The maximum atomic E-state index is 14.1. The van der Waals surface area contributed by atoms with Crippen molar-refractivity contribution in [3.05, 3.63) is 72.4 Å². The molecular formula is C46H54N8O6S. The van der Waals surface area contributed by atoms with Crippen LogP contribution in [-0.4, -0.2) is 92.6 Å². The number of amides is 4. The molecule has 5 atom stereocenters. The van der Waals surface area contributed by atoms with E-state index in [9.17, 15) is 19.2 Å². The molecule has 320 valence electrons. The molecule has 5 unspecified atom stereocenters. The van der Waals surface area contributed by atoms with Gasteiger partial charge in [0.25, 0.3) is 0 Å². The summed E-state index contributed by atoms with van der Waals surface area (Å²) in [6.07, 6.45) is 4.23. The number of methoxy groups -OCH3 is 2. The number of alkyl carbamates (subject to hydrolysis) is 2. The number of hydrogen-bond acceptors (Lipinski definition) is 9. The standard InChI is InChI=1S/C46H54N8O6S/c1-8-17-53(43(55)39(24(2)3)51-45(57)59-6)23-38-47-22-35(48-38)28-11-15-32-31-14-10-27(20-36(31)61-37(32)21-28)26-12-16-33-34(19-26)50-42(49-33)41-29-9-13-30(18-29)54(41)44(56)40(25(4)5)52-46(58)60-7/h10-12,14-16,19-22,24-25,29-30,39-41H,8-9,13,17-18,23H2,1-7H3,(H,47,48)(H,49,50)(H,51,57)(H,52,58). The predicted molar refractivity (Wildman–Crippen MR) is 237 cm³/mol. The van der Waals surface area contributed by atoms with E-state index in [1.807, 2.05) is 45.6 Å². The summed E-state index contributed by atoms with van der Waals surface area (Å²) < 4.78 is 11.9. The number of benzene rings is 3. The van der Waals surface area contributed by atoms with E-state index in [0.29, 0.717) is 18.3 Å². The highest BCUT2D eigenvalue weighted by atomic mass is 32.1. The van der Waals surface area contributed by atoms with Gasteiger partial charge in [0.05, 0.1) is 49.7 Å². The molecule has 14 nitrogen and oxygen atoms in total. The second-order valence-electron chi connectivity index (χ2n) is 17.0. The number of likely N-dealkylation sites (tertiary alicyclic amines) is 1. The summed E-state index contributed by atoms with van der Waals surface area (Å²) in [7, 11) is 2.60. The van der Waals surface area contributed by atoms with Crippen LogP contribution in [0.1, 0.15) is 78.0 Å². The Bertz CT molecular complexity index is 2610. The Hall–Kier alpha value is -5.96. The Morgan fingerprint density at radius 2 is 1.49 bits per heavy atom. The normalized spacial score (nSPS) is 18.3. The summed E-state index contributed by atoms with van der Waals surface area (Å²) in [5, 5.41) is 7.82. The number of aromatic nitrogens is 4. The summed E-state index contributed by atoms with van der Waals surface area (Å²) in [6.45, 7) is 10.5. The van der Waals surface area contributed by atoms with Crippen molar-refractivity contribution in [1.82, 2.24) is 40.4 Å². The summed E-state index contributed by atoms with van der Waals surface area (Å²) in [5.74, 6) is 1.25. The number of hydrogen-bond donors (Lipinski definition) is 4. The number of aromatic amines is 2. The fraction of sp³-hybridized carbons (Fsp3) is 0.435. The van der Waals surface area contributed by atoms with Gasteiger partial charge in [-0.15, -0.1) is 11.3 Å². The van der Waals surface area contributed by atoms with Crippen molar-refractivity contribution in [1.29, 1.82) is 0 Å². The van der Waals surface area contributed by atoms with Gasteiger partial charge in [0, 0.05) is 38.3 Å². The molecule has 0 spiro atoms. The van der Waals surface area contributed by atoms with Crippen LogP contribution in [0.3, 0.4) is 0 Å². The number of imidazole rings is 2. The van der Waals surface area contributed by atoms with Gasteiger partial charge in [0.15, 0.2) is 0 Å². The molecule has 4 N–H and O–H groups in total. The zero-order valence-electron chi connectivity index (χ0n) is 35.7. The molecule has 61 heavy (non-hydrogen) atoms. The van der Waals surface area contributed by atoms with E-state index in [2.05, 4.69) is 74.1 Å². The van der Waals surface area contributed by atoms with Gasteiger partial charge in [0.1, 0.15) is 23.7 Å². The number of thiophene rings is 1. The average molecular weight is 847 g/mol. The lowest BCUT2D eigenvalue weighted by atomic mass is 9.95. The number of nitrogens with one attached hydrogen (secondary N) is 4. The van der Waals surface area contributed by atoms with Gasteiger partial charge in [-0.3, -0.25) is 9.59 Å². The minimum absolute atomic E-state index is 0.0912. The smallest absolute Gasteiger partial charge is 0.407 e.